The monoisotopic (exact) mass is 470 g/mol. The molecule has 0 bridgehead atoms. The van der Waals surface area contributed by atoms with Gasteiger partial charge >= 0.3 is 0 Å². The fourth-order valence-electron chi connectivity index (χ4n) is 5.21. The number of nitriles is 1. The van der Waals surface area contributed by atoms with Crippen LogP contribution >= 0.6 is 0 Å². The maximum atomic E-state index is 9.41. The van der Waals surface area contributed by atoms with Gasteiger partial charge in [-0.2, -0.15) is 5.26 Å². The van der Waals surface area contributed by atoms with Gasteiger partial charge in [0.15, 0.2) is 0 Å². The van der Waals surface area contributed by atoms with Gasteiger partial charge in [-0.15, -0.1) is 0 Å². The fourth-order valence-corrected chi connectivity index (χ4v) is 5.21. The smallest absolute Gasteiger partial charge is 0.0992 e. The molecule has 6 heteroatoms. The van der Waals surface area contributed by atoms with Gasteiger partial charge in [0.05, 0.1) is 23.4 Å². The SMILES string of the molecule is C=C(/C=C(C#N)\C=C/C)NC1CCN/C(=C(/C)NN)c2ccc(C3=CCN(C4CCC4)CC3)cc21. The van der Waals surface area contributed by atoms with E-state index in [1.165, 1.54) is 36.0 Å². The van der Waals surface area contributed by atoms with Crippen LogP contribution in [0, 0.1) is 11.3 Å². The van der Waals surface area contributed by atoms with E-state index in [0.717, 1.165) is 61.2 Å². The molecule has 1 aromatic rings. The molecule has 5 N–H and O–H groups in total. The average Bonchev–Trinajstić information content (AvgIpc) is 3.01. The lowest BCUT2D eigenvalue weighted by molar-refractivity contribution is 0.141. The Morgan fingerprint density at radius 3 is 2.77 bits per heavy atom. The van der Waals surface area contributed by atoms with Crippen LogP contribution in [-0.2, 0) is 0 Å². The molecule has 6 nitrogen and oxygen atoms in total. The van der Waals surface area contributed by atoms with Crippen LogP contribution in [-0.4, -0.2) is 30.6 Å². The Kier molecular flexibility index (Phi) is 8.12. The topological polar surface area (TPSA) is 89.1 Å². The highest BCUT2D eigenvalue weighted by Crippen LogP contribution is 2.35. The summed E-state index contributed by atoms with van der Waals surface area (Å²) in [6.07, 6.45) is 13.9. The maximum Gasteiger partial charge on any atom is 0.0992 e. The third-order valence-corrected chi connectivity index (χ3v) is 7.39. The highest BCUT2D eigenvalue weighted by atomic mass is 15.2. The zero-order valence-corrected chi connectivity index (χ0v) is 21.0. The van der Waals surface area contributed by atoms with E-state index in [-0.39, 0.29) is 6.04 Å². The Morgan fingerprint density at radius 1 is 1.31 bits per heavy atom. The molecule has 0 amide bonds. The molecule has 1 saturated carbocycles. The number of fused-ring (bicyclic) bond motifs is 1. The number of hydrogen-bond acceptors (Lipinski definition) is 6. The summed E-state index contributed by atoms with van der Waals surface area (Å²) in [5, 5.41) is 16.6. The maximum absolute atomic E-state index is 9.41. The number of nitrogens with two attached hydrogens (primary N) is 1. The van der Waals surface area contributed by atoms with Crippen molar-refractivity contribution in [1.82, 2.24) is 21.0 Å². The summed E-state index contributed by atoms with van der Waals surface area (Å²) < 4.78 is 0. The van der Waals surface area contributed by atoms with Gasteiger partial charge in [0.2, 0.25) is 0 Å². The molecular weight excluding hydrogens is 432 g/mol. The highest BCUT2D eigenvalue weighted by molar-refractivity contribution is 5.75. The quantitative estimate of drug-likeness (QED) is 0.201. The summed E-state index contributed by atoms with van der Waals surface area (Å²) in [6.45, 7) is 11.1. The minimum Gasteiger partial charge on any atom is -0.383 e. The van der Waals surface area contributed by atoms with Crippen LogP contribution in [0.1, 0.15) is 68.7 Å². The molecule has 1 aromatic carbocycles. The minimum absolute atomic E-state index is 0.0606. The molecule has 0 radical (unpaired) electrons. The van der Waals surface area contributed by atoms with Crippen LogP contribution < -0.4 is 21.9 Å². The molecule has 0 spiro atoms. The van der Waals surface area contributed by atoms with Gasteiger partial charge in [0.25, 0.3) is 0 Å². The summed E-state index contributed by atoms with van der Waals surface area (Å²) in [7, 11) is 0. The molecule has 0 aromatic heterocycles. The van der Waals surface area contributed by atoms with Crippen LogP contribution in [0.5, 0.6) is 0 Å². The second-order valence-electron chi connectivity index (χ2n) is 9.65. The van der Waals surface area contributed by atoms with E-state index in [2.05, 4.69) is 57.9 Å². The molecule has 184 valence electrons. The number of nitrogens with one attached hydrogen (secondary N) is 3. The Labute approximate surface area is 209 Å². The number of allylic oxidation sites excluding steroid dienone is 5. The van der Waals surface area contributed by atoms with Crippen molar-refractivity contribution in [3.63, 3.8) is 0 Å². The van der Waals surface area contributed by atoms with Crippen LogP contribution in [0.3, 0.4) is 0 Å². The largest absolute Gasteiger partial charge is 0.383 e. The number of hydrogen-bond donors (Lipinski definition) is 4. The predicted molar refractivity (Wildman–Crippen MR) is 144 cm³/mol. The Bertz CT molecular complexity index is 1110. The van der Waals surface area contributed by atoms with E-state index in [4.69, 9.17) is 5.84 Å². The normalized spacial score (nSPS) is 22.7. The molecular formula is C29H38N6. The highest BCUT2D eigenvalue weighted by Gasteiger charge is 2.27. The van der Waals surface area contributed by atoms with E-state index in [9.17, 15) is 5.26 Å². The first kappa shape index (κ1) is 24.8. The first-order valence-corrected chi connectivity index (χ1v) is 12.7. The van der Waals surface area contributed by atoms with E-state index in [1.807, 2.05) is 26.0 Å². The number of benzene rings is 1. The van der Waals surface area contributed by atoms with Gasteiger partial charge in [0.1, 0.15) is 0 Å². The standard InChI is InChI=1S/C29H38N6/c1-4-6-22(19-30)17-20(2)33-28-11-14-32-29(21(3)34-31)26-10-9-24(18-27(26)28)23-12-15-35(16-13-23)25-7-5-8-25/h4,6,9-10,12,17-18,25,28,32-34H,2,5,7-8,11,13-16,31H2,1,3H3/b6-4-,22-17+,29-21-. The van der Waals surface area contributed by atoms with Crippen molar-refractivity contribution in [3.8, 4) is 6.07 Å². The van der Waals surface area contributed by atoms with Gasteiger partial charge in [-0.1, -0.05) is 37.3 Å². The van der Waals surface area contributed by atoms with E-state index >= 15 is 0 Å². The van der Waals surface area contributed by atoms with Crippen LogP contribution in [0.4, 0.5) is 0 Å². The van der Waals surface area contributed by atoms with Crippen molar-refractivity contribution < 1.29 is 0 Å². The summed E-state index contributed by atoms with van der Waals surface area (Å²) >= 11 is 0. The van der Waals surface area contributed by atoms with Crippen LogP contribution in [0.2, 0.25) is 0 Å². The van der Waals surface area contributed by atoms with E-state index < -0.39 is 0 Å². The van der Waals surface area contributed by atoms with Crippen molar-refractivity contribution in [3.05, 3.63) is 82.7 Å². The Balaban J connectivity index is 1.65. The number of nitrogens with zero attached hydrogens (tertiary/aromatic N) is 2. The molecule has 1 aliphatic carbocycles. The molecule has 1 atom stereocenters. The average molecular weight is 471 g/mol. The number of rotatable bonds is 7. The Hall–Kier alpha value is -3.27. The van der Waals surface area contributed by atoms with Gasteiger partial charge < -0.3 is 16.1 Å². The van der Waals surface area contributed by atoms with Crippen molar-refractivity contribution in [1.29, 1.82) is 5.26 Å². The van der Waals surface area contributed by atoms with E-state index in [1.54, 1.807) is 6.08 Å². The van der Waals surface area contributed by atoms with E-state index in [0.29, 0.717) is 5.57 Å². The first-order chi connectivity index (χ1) is 17.0. The van der Waals surface area contributed by atoms with Crippen LogP contribution in [0.15, 0.2) is 66.0 Å². The van der Waals surface area contributed by atoms with Gasteiger partial charge in [-0.25, -0.2) is 0 Å². The second kappa shape index (κ2) is 11.4. The van der Waals surface area contributed by atoms with Crippen molar-refractivity contribution in [2.45, 2.75) is 58.0 Å². The molecule has 1 fully saturated rings. The second-order valence-corrected chi connectivity index (χ2v) is 9.65. The predicted octanol–water partition coefficient (Wildman–Crippen LogP) is 4.64. The molecule has 35 heavy (non-hydrogen) atoms. The summed E-state index contributed by atoms with van der Waals surface area (Å²) in [5.74, 6) is 5.79. The van der Waals surface area contributed by atoms with Crippen LogP contribution in [0.25, 0.3) is 11.3 Å². The van der Waals surface area contributed by atoms with Crippen molar-refractivity contribution in [2.75, 3.05) is 19.6 Å². The zero-order valence-electron chi connectivity index (χ0n) is 21.0. The molecule has 3 aliphatic rings. The van der Waals surface area contributed by atoms with Gasteiger partial charge in [0, 0.05) is 42.6 Å². The fraction of sp³-hybridized carbons (Fsp3) is 0.414. The first-order valence-electron chi connectivity index (χ1n) is 12.7. The summed E-state index contributed by atoms with van der Waals surface area (Å²) in [5.41, 5.74) is 11.1. The molecule has 2 aliphatic heterocycles. The van der Waals surface area contributed by atoms with Gasteiger partial charge in [-0.3, -0.25) is 10.7 Å². The number of hydrazine groups is 1. The molecule has 4 rings (SSSR count). The van der Waals surface area contributed by atoms with Gasteiger partial charge in [-0.05, 0) is 74.4 Å². The lowest BCUT2D eigenvalue weighted by atomic mass is 9.88. The summed E-state index contributed by atoms with van der Waals surface area (Å²) in [6, 6.07) is 9.87. The zero-order chi connectivity index (χ0) is 24.8. The molecule has 0 saturated heterocycles. The third-order valence-electron chi connectivity index (χ3n) is 7.39. The van der Waals surface area contributed by atoms with Crippen molar-refractivity contribution in [2.24, 2.45) is 5.84 Å². The lowest BCUT2D eigenvalue weighted by Gasteiger charge is -2.39. The molecule has 1 unspecified atom stereocenters. The third kappa shape index (κ3) is 5.70. The van der Waals surface area contributed by atoms with Crippen molar-refractivity contribution >= 4 is 11.3 Å². The molecule has 2 heterocycles. The minimum atomic E-state index is 0.0606. The Morgan fingerprint density at radius 2 is 2.14 bits per heavy atom. The lowest BCUT2D eigenvalue weighted by Crippen LogP contribution is -2.42. The summed E-state index contributed by atoms with van der Waals surface area (Å²) in [4.78, 5) is 2.63.